The number of pyridine rings is 1. The minimum absolute atomic E-state index is 0.152. The Bertz CT molecular complexity index is 845. The van der Waals surface area contributed by atoms with Gasteiger partial charge in [0.2, 0.25) is 0 Å². The second kappa shape index (κ2) is 9.48. The third-order valence-electron chi connectivity index (χ3n) is 3.78. The van der Waals surface area contributed by atoms with Gasteiger partial charge in [0.05, 0.1) is 18.0 Å². The Balaban J connectivity index is 2.25. The Morgan fingerprint density at radius 3 is 2.78 bits per heavy atom. The number of aromatic nitrogens is 3. The maximum atomic E-state index is 10.7. The highest BCUT2D eigenvalue weighted by molar-refractivity contribution is 5.64. The van der Waals surface area contributed by atoms with E-state index in [1.54, 1.807) is 12.3 Å². The summed E-state index contributed by atoms with van der Waals surface area (Å²) >= 11 is 0. The van der Waals surface area contributed by atoms with Crippen LogP contribution in [0.3, 0.4) is 0 Å². The van der Waals surface area contributed by atoms with E-state index >= 15 is 0 Å². The number of rotatable bonds is 8. The summed E-state index contributed by atoms with van der Waals surface area (Å²) in [4.78, 5) is 24.0. The molecule has 2 aromatic heterocycles. The van der Waals surface area contributed by atoms with Crippen molar-refractivity contribution in [1.29, 1.82) is 5.26 Å². The molecule has 0 unspecified atom stereocenters. The lowest BCUT2D eigenvalue weighted by molar-refractivity contribution is 0.158. The molecule has 0 aliphatic rings. The van der Waals surface area contributed by atoms with Gasteiger partial charge in [-0.15, -0.1) is 0 Å². The molecule has 8 heteroatoms. The van der Waals surface area contributed by atoms with Crippen LogP contribution in [0, 0.1) is 17.2 Å². The maximum Gasteiger partial charge on any atom is 0.404 e. The summed E-state index contributed by atoms with van der Waals surface area (Å²) < 4.78 is 4.73. The zero-order valence-corrected chi connectivity index (χ0v) is 15.8. The summed E-state index contributed by atoms with van der Waals surface area (Å²) in [6.45, 7) is 6.40. The van der Waals surface area contributed by atoms with Crippen molar-refractivity contribution >= 4 is 17.6 Å². The molecule has 0 bridgehead atoms. The predicted octanol–water partition coefficient (Wildman–Crippen LogP) is 2.89. The molecule has 3 N–H and O–H groups in total. The van der Waals surface area contributed by atoms with Crippen LogP contribution >= 0.6 is 0 Å². The SMILES string of the molecule is CCc1nc(C#N)c(Nc2ccnc(CCOC(N)=O)c2)nc1CC(C)C. The van der Waals surface area contributed by atoms with Gasteiger partial charge in [0, 0.05) is 24.0 Å². The van der Waals surface area contributed by atoms with Gasteiger partial charge < -0.3 is 15.8 Å². The van der Waals surface area contributed by atoms with Gasteiger partial charge in [0.1, 0.15) is 6.07 Å². The Hall–Kier alpha value is -3.21. The smallest absolute Gasteiger partial charge is 0.404 e. The fourth-order valence-corrected chi connectivity index (χ4v) is 2.59. The van der Waals surface area contributed by atoms with Gasteiger partial charge in [-0.2, -0.15) is 5.26 Å². The molecule has 1 amide bonds. The van der Waals surface area contributed by atoms with Crippen LogP contribution in [0.25, 0.3) is 0 Å². The van der Waals surface area contributed by atoms with E-state index in [1.165, 1.54) is 0 Å². The van der Waals surface area contributed by atoms with Crippen molar-refractivity contribution in [3.05, 3.63) is 41.1 Å². The number of carbonyl (C=O) groups excluding carboxylic acids is 1. The van der Waals surface area contributed by atoms with E-state index < -0.39 is 6.09 Å². The van der Waals surface area contributed by atoms with Crippen molar-refractivity contribution in [3.63, 3.8) is 0 Å². The van der Waals surface area contributed by atoms with Gasteiger partial charge in [0.25, 0.3) is 0 Å². The molecule has 0 saturated carbocycles. The average molecular weight is 368 g/mol. The number of anilines is 2. The van der Waals surface area contributed by atoms with Gasteiger partial charge in [-0.05, 0) is 30.9 Å². The number of carbonyl (C=O) groups is 1. The van der Waals surface area contributed by atoms with Crippen LogP contribution in [0.5, 0.6) is 0 Å². The highest BCUT2D eigenvalue weighted by atomic mass is 16.5. The van der Waals surface area contributed by atoms with Crippen molar-refractivity contribution in [2.75, 3.05) is 11.9 Å². The summed E-state index contributed by atoms with van der Waals surface area (Å²) in [5, 5.41) is 12.6. The molecule has 27 heavy (non-hydrogen) atoms. The highest BCUT2D eigenvalue weighted by Crippen LogP contribution is 2.21. The van der Waals surface area contributed by atoms with E-state index in [0.717, 1.165) is 35.6 Å². The van der Waals surface area contributed by atoms with E-state index in [2.05, 4.69) is 40.2 Å². The van der Waals surface area contributed by atoms with Crippen LogP contribution in [0.2, 0.25) is 0 Å². The minimum atomic E-state index is -0.813. The molecule has 0 aliphatic carbocycles. The quantitative estimate of drug-likeness (QED) is 0.733. The summed E-state index contributed by atoms with van der Waals surface area (Å²) in [6.07, 6.45) is 2.78. The number of nitriles is 1. The van der Waals surface area contributed by atoms with Gasteiger partial charge in [0.15, 0.2) is 11.5 Å². The standard InChI is InChI=1S/C19H24N6O2/c1-4-15-16(9-12(2)3)25-18(17(11-20)24-15)23-14-5-7-22-13(10-14)6-8-27-19(21)26/h5,7,10,12H,4,6,8-9H2,1-3H3,(H2,21,26)(H,22,23,25). The molecule has 8 nitrogen and oxygen atoms in total. The minimum Gasteiger partial charge on any atom is -0.449 e. The van der Waals surface area contributed by atoms with Crippen LogP contribution < -0.4 is 11.1 Å². The largest absolute Gasteiger partial charge is 0.449 e. The number of nitrogens with one attached hydrogen (secondary N) is 1. The number of nitrogens with zero attached hydrogens (tertiary/aromatic N) is 4. The Kier molecular flexibility index (Phi) is 7.06. The topological polar surface area (TPSA) is 127 Å². The number of nitrogens with two attached hydrogens (primary N) is 1. The molecule has 0 aromatic carbocycles. The molecule has 0 atom stereocenters. The number of hydrogen-bond acceptors (Lipinski definition) is 7. The third-order valence-corrected chi connectivity index (χ3v) is 3.78. The molecule has 0 radical (unpaired) electrons. The Labute approximate surface area is 158 Å². The molecular weight excluding hydrogens is 344 g/mol. The van der Waals surface area contributed by atoms with E-state index in [-0.39, 0.29) is 12.3 Å². The summed E-state index contributed by atoms with van der Waals surface area (Å²) in [5.74, 6) is 0.860. The van der Waals surface area contributed by atoms with Crippen molar-refractivity contribution in [3.8, 4) is 6.07 Å². The lowest BCUT2D eigenvalue weighted by Gasteiger charge is -2.14. The van der Waals surface area contributed by atoms with Crippen LogP contribution in [-0.2, 0) is 24.0 Å². The van der Waals surface area contributed by atoms with Gasteiger partial charge >= 0.3 is 6.09 Å². The van der Waals surface area contributed by atoms with Gasteiger partial charge in [-0.3, -0.25) is 4.98 Å². The van der Waals surface area contributed by atoms with E-state index in [4.69, 9.17) is 10.5 Å². The number of primary amides is 1. The number of amides is 1. The van der Waals surface area contributed by atoms with E-state index in [9.17, 15) is 10.1 Å². The normalized spacial score (nSPS) is 10.5. The molecule has 0 aliphatic heterocycles. The first-order valence-corrected chi connectivity index (χ1v) is 8.87. The average Bonchev–Trinajstić information content (AvgIpc) is 2.61. The van der Waals surface area contributed by atoms with Gasteiger partial charge in [-0.25, -0.2) is 14.8 Å². The molecule has 0 spiro atoms. The summed E-state index contributed by atoms with van der Waals surface area (Å²) in [6, 6.07) is 5.69. The number of hydrogen-bond donors (Lipinski definition) is 2. The molecule has 2 aromatic rings. The molecule has 0 fully saturated rings. The molecular formula is C19H24N6O2. The number of aryl methyl sites for hydroxylation is 1. The molecule has 2 rings (SSSR count). The zero-order valence-electron chi connectivity index (χ0n) is 15.8. The summed E-state index contributed by atoms with van der Waals surface area (Å²) in [7, 11) is 0. The van der Waals surface area contributed by atoms with Gasteiger partial charge in [-0.1, -0.05) is 20.8 Å². The maximum absolute atomic E-state index is 10.7. The lowest BCUT2D eigenvalue weighted by atomic mass is 10.1. The second-order valence-corrected chi connectivity index (χ2v) is 6.46. The van der Waals surface area contributed by atoms with Crippen LogP contribution in [0.1, 0.15) is 43.5 Å². The van der Waals surface area contributed by atoms with Crippen LogP contribution in [0.15, 0.2) is 18.3 Å². The fourth-order valence-electron chi connectivity index (χ4n) is 2.59. The van der Waals surface area contributed by atoms with E-state index in [0.29, 0.717) is 18.2 Å². The van der Waals surface area contributed by atoms with E-state index in [1.807, 2.05) is 13.0 Å². The zero-order chi connectivity index (χ0) is 19.8. The molecule has 2 heterocycles. The Morgan fingerprint density at radius 1 is 1.37 bits per heavy atom. The van der Waals surface area contributed by atoms with Crippen molar-refractivity contribution in [2.24, 2.45) is 11.7 Å². The first-order chi connectivity index (χ1) is 12.9. The Morgan fingerprint density at radius 2 is 2.15 bits per heavy atom. The first-order valence-electron chi connectivity index (χ1n) is 8.87. The van der Waals surface area contributed by atoms with Crippen molar-refractivity contribution in [1.82, 2.24) is 15.0 Å². The second-order valence-electron chi connectivity index (χ2n) is 6.46. The summed E-state index contributed by atoms with van der Waals surface area (Å²) in [5.41, 5.74) is 8.41. The van der Waals surface area contributed by atoms with Crippen molar-refractivity contribution in [2.45, 2.75) is 40.0 Å². The van der Waals surface area contributed by atoms with Crippen molar-refractivity contribution < 1.29 is 9.53 Å². The fraction of sp³-hybridized carbons (Fsp3) is 0.421. The molecule has 142 valence electrons. The third kappa shape index (κ3) is 5.92. The van der Waals surface area contributed by atoms with Crippen LogP contribution in [0.4, 0.5) is 16.3 Å². The predicted molar refractivity (Wildman–Crippen MR) is 101 cm³/mol. The van der Waals surface area contributed by atoms with Crippen LogP contribution in [-0.4, -0.2) is 27.7 Å². The number of ether oxygens (including phenoxy) is 1. The molecule has 0 saturated heterocycles. The monoisotopic (exact) mass is 368 g/mol. The highest BCUT2D eigenvalue weighted by Gasteiger charge is 2.14. The first kappa shape index (κ1) is 20.1. The lowest BCUT2D eigenvalue weighted by Crippen LogP contribution is -2.15.